The number of hydrogen-bond donors (Lipinski definition) is 1. The van der Waals surface area contributed by atoms with Crippen LogP contribution in [0.2, 0.25) is 0 Å². The molecule has 0 unspecified atom stereocenters. The van der Waals surface area contributed by atoms with Crippen molar-refractivity contribution in [1.29, 1.82) is 0 Å². The molecule has 0 fully saturated rings. The maximum atomic E-state index is 13.4. The van der Waals surface area contributed by atoms with Crippen LogP contribution in [0, 0.1) is 5.82 Å². The molecule has 6 heteroatoms. The lowest BCUT2D eigenvalue weighted by Gasteiger charge is -2.06. The van der Waals surface area contributed by atoms with Gasteiger partial charge in [0, 0.05) is 12.0 Å². The molecule has 1 aromatic carbocycles. The number of nitrogens with two attached hydrogens (primary N) is 1. The van der Waals surface area contributed by atoms with Crippen molar-refractivity contribution in [2.24, 2.45) is 5.73 Å². The Morgan fingerprint density at radius 2 is 2.15 bits per heavy atom. The second-order valence-electron chi connectivity index (χ2n) is 4.82. The average Bonchev–Trinajstić information content (AvgIpc) is 2.85. The molecular formula is C14H18FN3O2. The maximum absolute atomic E-state index is 13.4. The van der Waals surface area contributed by atoms with E-state index in [2.05, 4.69) is 10.1 Å². The second-order valence-corrected chi connectivity index (χ2v) is 4.82. The van der Waals surface area contributed by atoms with E-state index in [9.17, 15) is 4.39 Å². The Hall–Kier alpha value is -1.95. The lowest BCUT2D eigenvalue weighted by atomic mass is 10.1. The zero-order valence-corrected chi connectivity index (χ0v) is 11.6. The summed E-state index contributed by atoms with van der Waals surface area (Å²) < 4.78 is 23.9. The molecule has 5 nitrogen and oxygen atoms in total. The van der Waals surface area contributed by atoms with Gasteiger partial charge in [-0.1, -0.05) is 19.0 Å². The van der Waals surface area contributed by atoms with Crippen molar-refractivity contribution in [3.05, 3.63) is 41.3 Å². The van der Waals surface area contributed by atoms with Gasteiger partial charge in [-0.2, -0.15) is 4.98 Å². The van der Waals surface area contributed by atoms with Crippen molar-refractivity contribution in [2.75, 3.05) is 6.54 Å². The topological polar surface area (TPSA) is 74.2 Å². The van der Waals surface area contributed by atoms with Crippen molar-refractivity contribution in [1.82, 2.24) is 10.1 Å². The first-order valence-corrected chi connectivity index (χ1v) is 6.53. The number of hydrogen-bond acceptors (Lipinski definition) is 5. The summed E-state index contributed by atoms with van der Waals surface area (Å²) in [5.41, 5.74) is 6.26. The molecule has 0 bridgehead atoms. The first kappa shape index (κ1) is 14.5. The molecule has 0 saturated carbocycles. The Kier molecular flexibility index (Phi) is 4.68. The van der Waals surface area contributed by atoms with Gasteiger partial charge in [0.15, 0.2) is 12.4 Å². The van der Waals surface area contributed by atoms with E-state index in [4.69, 9.17) is 15.0 Å². The Morgan fingerprint density at radius 1 is 1.35 bits per heavy atom. The van der Waals surface area contributed by atoms with Gasteiger partial charge in [0.05, 0.1) is 0 Å². The quantitative estimate of drug-likeness (QED) is 0.879. The van der Waals surface area contributed by atoms with Gasteiger partial charge in [-0.25, -0.2) is 4.39 Å². The van der Waals surface area contributed by atoms with Crippen LogP contribution >= 0.6 is 0 Å². The normalized spacial score (nSPS) is 11.1. The van der Waals surface area contributed by atoms with E-state index in [0.29, 0.717) is 30.4 Å². The van der Waals surface area contributed by atoms with E-state index >= 15 is 0 Å². The Labute approximate surface area is 116 Å². The van der Waals surface area contributed by atoms with Crippen molar-refractivity contribution in [3.63, 3.8) is 0 Å². The minimum Gasteiger partial charge on any atom is -0.484 e. The third-order valence-corrected chi connectivity index (χ3v) is 2.73. The van der Waals surface area contributed by atoms with E-state index < -0.39 is 0 Å². The fourth-order valence-corrected chi connectivity index (χ4v) is 1.72. The Balaban J connectivity index is 2.02. The molecule has 1 aromatic heterocycles. The van der Waals surface area contributed by atoms with Gasteiger partial charge in [-0.15, -0.1) is 0 Å². The number of halogens is 1. The Bertz CT molecular complexity index is 569. The summed E-state index contributed by atoms with van der Waals surface area (Å²) >= 11 is 0. The third-order valence-electron chi connectivity index (χ3n) is 2.73. The minimum atomic E-state index is -0.348. The highest BCUT2D eigenvalue weighted by molar-refractivity contribution is 5.29. The fourth-order valence-electron chi connectivity index (χ4n) is 1.72. The van der Waals surface area contributed by atoms with Gasteiger partial charge < -0.3 is 15.0 Å². The molecule has 0 aliphatic carbocycles. The van der Waals surface area contributed by atoms with Crippen LogP contribution in [0.15, 0.2) is 22.7 Å². The molecule has 2 N–H and O–H groups in total. The monoisotopic (exact) mass is 279 g/mol. The van der Waals surface area contributed by atoms with Crippen LogP contribution in [0.1, 0.15) is 37.0 Å². The molecule has 0 radical (unpaired) electrons. The molecule has 108 valence electrons. The minimum absolute atomic E-state index is 0.116. The van der Waals surface area contributed by atoms with Crippen LogP contribution in [-0.2, 0) is 13.0 Å². The molecule has 0 aliphatic heterocycles. The molecule has 0 amide bonds. The summed E-state index contributed by atoms with van der Waals surface area (Å²) in [6, 6.07) is 4.53. The average molecular weight is 279 g/mol. The molecule has 0 spiro atoms. The predicted molar refractivity (Wildman–Crippen MR) is 71.9 cm³/mol. The lowest BCUT2D eigenvalue weighted by molar-refractivity contribution is 0.241. The first-order valence-electron chi connectivity index (χ1n) is 6.53. The first-order chi connectivity index (χ1) is 9.58. The van der Waals surface area contributed by atoms with Gasteiger partial charge in [0.2, 0.25) is 0 Å². The fraction of sp³-hybridized carbons (Fsp3) is 0.429. The van der Waals surface area contributed by atoms with E-state index in [1.54, 1.807) is 6.07 Å². The zero-order valence-electron chi connectivity index (χ0n) is 11.6. The van der Waals surface area contributed by atoms with Gasteiger partial charge in [0.1, 0.15) is 11.6 Å². The summed E-state index contributed by atoms with van der Waals surface area (Å²) in [6.07, 6.45) is 0.603. The molecule has 0 atom stereocenters. The molecule has 1 heterocycles. The van der Waals surface area contributed by atoms with Crippen molar-refractivity contribution in [2.45, 2.75) is 32.8 Å². The van der Waals surface area contributed by atoms with Crippen LogP contribution in [-0.4, -0.2) is 16.7 Å². The number of benzene rings is 1. The van der Waals surface area contributed by atoms with Crippen LogP contribution < -0.4 is 10.5 Å². The van der Waals surface area contributed by atoms with Crippen molar-refractivity contribution in [3.8, 4) is 5.75 Å². The molecule has 20 heavy (non-hydrogen) atoms. The van der Waals surface area contributed by atoms with Gasteiger partial charge >= 0.3 is 0 Å². The highest BCUT2D eigenvalue weighted by atomic mass is 19.1. The summed E-state index contributed by atoms with van der Waals surface area (Å²) in [4.78, 5) is 4.19. The predicted octanol–water partition coefficient (Wildman–Crippen LogP) is 2.41. The lowest BCUT2D eigenvalue weighted by Crippen LogP contribution is -2.04. The van der Waals surface area contributed by atoms with Crippen LogP contribution in [0.5, 0.6) is 5.75 Å². The third kappa shape index (κ3) is 3.77. The van der Waals surface area contributed by atoms with Gasteiger partial charge in [-0.05, 0) is 30.7 Å². The smallest absolute Gasteiger partial charge is 0.264 e. The number of ether oxygens (including phenoxy) is 1. The molecule has 0 aliphatic rings. The van der Waals surface area contributed by atoms with E-state index in [1.807, 2.05) is 13.8 Å². The van der Waals surface area contributed by atoms with Gasteiger partial charge in [-0.3, -0.25) is 0 Å². The molecule has 0 saturated heterocycles. The van der Waals surface area contributed by atoms with Crippen LogP contribution in [0.25, 0.3) is 0 Å². The van der Waals surface area contributed by atoms with Crippen molar-refractivity contribution >= 4 is 0 Å². The summed E-state index contributed by atoms with van der Waals surface area (Å²) in [7, 11) is 0. The van der Waals surface area contributed by atoms with Crippen molar-refractivity contribution < 1.29 is 13.7 Å². The zero-order chi connectivity index (χ0) is 14.5. The van der Waals surface area contributed by atoms with E-state index in [0.717, 1.165) is 5.56 Å². The number of rotatable bonds is 6. The van der Waals surface area contributed by atoms with E-state index in [-0.39, 0.29) is 18.3 Å². The number of nitrogens with zero attached hydrogens (tertiary/aromatic N) is 2. The SMILES string of the molecule is CC(C)c1noc(COc2cc(F)cc(CCN)c2)n1. The largest absolute Gasteiger partial charge is 0.484 e. The molecule has 2 rings (SSSR count). The second kappa shape index (κ2) is 6.47. The summed E-state index contributed by atoms with van der Waals surface area (Å²) in [6.45, 7) is 4.53. The Morgan fingerprint density at radius 3 is 2.80 bits per heavy atom. The van der Waals surface area contributed by atoms with Crippen LogP contribution in [0.3, 0.4) is 0 Å². The number of aromatic nitrogens is 2. The molecular weight excluding hydrogens is 261 g/mol. The maximum Gasteiger partial charge on any atom is 0.264 e. The summed E-state index contributed by atoms with van der Waals surface area (Å²) in [5.74, 6) is 1.28. The summed E-state index contributed by atoms with van der Waals surface area (Å²) in [5, 5.41) is 3.84. The van der Waals surface area contributed by atoms with Gasteiger partial charge in [0.25, 0.3) is 5.89 Å². The molecule has 2 aromatic rings. The standard InChI is InChI=1S/C14H18FN3O2/c1-9(2)14-17-13(20-18-14)8-19-12-6-10(3-4-16)5-11(15)7-12/h5-7,9H,3-4,8,16H2,1-2H3. The van der Waals surface area contributed by atoms with E-state index in [1.165, 1.54) is 12.1 Å². The highest BCUT2D eigenvalue weighted by Crippen LogP contribution is 2.18. The highest BCUT2D eigenvalue weighted by Gasteiger charge is 2.10. The van der Waals surface area contributed by atoms with Crippen LogP contribution in [0.4, 0.5) is 4.39 Å².